The van der Waals surface area contributed by atoms with Gasteiger partial charge in [0.2, 0.25) is 0 Å². The monoisotopic (exact) mass is 304 g/mol. The molecular weight excluding hydrogens is 288 g/mol. The van der Waals surface area contributed by atoms with Crippen molar-refractivity contribution in [1.82, 2.24) is 15.1 Å². The zero-order chi connectivity index (χ0) is 14.7. The number of halogens is 1. The Balaban J connectivity index is 1.88. The van der Waals surface area contributed by atoms with Crippen molar-refractivity contribution in [3.63, 3.8) is 0 Å². The SMILES string of the molecule is O=C(Nc1cccc(Cl)c1)C1(n2cccn2)CCNCC1. The standard InChI is InChI=1S/C15H17ClN4O/c16-12-3-1-4-13(11-12)19-14(21)15(5-8-17-9-6-15)20-10-2-7-18-20/h1-4,7,10-11,17H,5-6,8-9H2,(H,19,21). The fourth-order valence-electron chi connectivity index (χ4n) is 2.74. The highest BCUT2D eigenvalue weighted by Crippen LogP contribution is 2.29. The average Bonchev–Trinajstić information content (AvgIpc) is 3.02. The molecule has 1 aromatic heterocycles. The van der Waals surface area contributed by atoms with Crippen LogP contribution in [-0.4, -0.2) is 28.8 Å². The molecule has 0 saturated carbocycles. The molecule has 2 heterocycles. The van der Waals surface area contributed by atoms with Gasteiger partial charge in [-0.1, -0.05) is 17.7 Å². The summed E-state index contributed by atoms with van der Waals surface area (Å²) in [6.45, 7) is 1.59. The maximum Gasteiger partial charge on any atom is 0.252 e. The van der Waals surface area contributed by atoms with E-state index in [0.29, 0.717) is 23.6 Å². The van der Waals surface area contributed by atoms with E-state index >= 15 is 0 Å². The Morgan fingerprint density at radius 3 is 2.81 bits per heavy atom. The normalized spacial score (nSPS) is 17.4. The average molecular weight is 305 g/mol. The largest absolute Gasteiger partial charge is 0.324 e. The summed E-state index contributed by atoms with van der Waals surface area (Å²) in [6.07, 6.45) is 4.97. The van der Waals surface area contributed by atoms with E-state index in [2.05, 4.69) is 15.7 Å². The van der Waals surface area contributed by atoms with Crippen molar-refractivity contribution in [3.8, 4) is 0 Å². The van der Waals surface area contributed by atoms with Crippen LogP contribution in [-0.2, 0) is 10.3 Å². The molecule has 0 aliphatic carbocycles. The number of aromatic nitrogens is 2. The van der Waals surface area contributed by atoms with Crippen molar-refractivity contribution in [2.45, 2.75) is 18.4 Å². The molecule has 1 amide bonds. The number of nitrogens with one attached hydrogen (secondary N) is 2. The minimum absolute atomic E-state index is 0.0463. The van der Waals surface area contributed by atoms with Crippen LogP contribution in [0.5, 0.6) is 0 Å². The molecule has 1 aliphatic rings. The van der Waals surface area contributed by atoms with E-state index in [1.54, 1.807) is 23.0 Å². The lowest BCUT2D eigenvalue weighted by atomic mass is 9.87. The van der Waals surface area contributed by atoms with Crippen molar-refractivity contribution < 1.29 is 4.79 Å². The third kappa shape index (κ3) is 2.80. The van der Waals surface area contributed by atoms with Gasteiger partial charge in [0.15, 0.2) is 0 Å². The first-order valence-electron chi connectivity index (χ1n) is 6.99. The van der Waals surface area contributed by atoms with Crippen molar-refractivity contribution in [2.24, 2.45) is 0 Å². The lowest BCUT2D eigenvalue weighted by molar-refractivity contribution is -0.126. The molecule has 2 aromatic rings. The van der Waals surface area contributed by atoms with Gasteiger partial charge < -0.3 is 10.6 Å². The molecular formula is C15H17ClN4O. The number of anilines is 1. The van der Waals surface area contributed by atoms with Crippen LogP contribution in [0, 0.1) is 0 Å². The highest BCUT2D eigenvalue weighted by molar-refractivity contribution is 6.30. The Bertz CT molecular complexity index is 620. The van der Waals surface area contributed by atoms with E-state index in [0.717, 1.165) is 13.1 Å². The Morgan fingerprint density at radius 1 is 1.33 bits per heavy atom. The minimum atomic E-state index is -0.642. The van der Waals surface area contributed by atoms with E-state index in [-0.39, 0.29) is 5.91 Å². The van der Waals surface area contributed by atoms with Gasteiger partial charge in [0.05, 0.1) is 0 Å². The highest BCUT2D eigenvalue weighted by Gasteiger charge is 2.41. The summed E-state index contributed by atoms with van der Waals surface area (Å²) < 4.78 is 1.77. The number of amides is 1. The van der Waals surface area contributed by atoms with Crippen LogP contribution < -0.4 is 10.6 Å². The number of rotatable bonds is 3. The van der Waals surface area contributed by atoms with Gasteiger partial charge >= 0.3 is 0 Å². The number of carbonyl (C=O) groups is 1. The van der Waals surface area contributed by atoms with Crippen molar-refractivity contribution in [3.05, 3.63) is 47.7 Å². The van der Waals surface area contributed by atoms with Gasteiger partial charge in [-0.15, -0.1) is 0 Å². The number of nitrogens with zero attached hydrogens (tertiary/aromatic N) is 2. The summed E-state index contributed by atoms with van der Waals surface area (Å²) >= 11 is 5.97. The summed E-state index contributed by atoms with van der Waals surface area (Å²) in [6, 6.07) is 9.03. The Kier molecular flexibility index (Phi) is 3.94. The van der Waals surface area contributed by atoms with Crippen molar-refractivity contribution in [1.29, 1.82) is 0 Å². The molecule has 110 valence electrons. The van der Waals surface area contributed by atoms with Crippen LogP contribution >= 0.6 is 11.6 Å². The van der Waals surface area contributed by atoms with Crippen LogP contribution in [0.15, 0.2) is 42.7 Å². The molecule has 5 nitrogen and oxygen atoms in total. The fraction of sp³-hybridized carbons (Fsp3) is 0.333. The molecule has 21 heavy (non-hydrogen) atoms. The number of hydrogen-bond acceptors (Lipinski definition) is 3. The van der Waals surface area contributed by atoms with Crippen LogP contribution in [0.4, 0.5) is 5.69 Å². The topological polar surface area (TPSA) is 59.0 Å². The Hall–Kier alpha value is -1.85. The number of piperidine rings is 1. The third-order valence-electron chi connectivity index (χ3n) is 3.88. The van der Waals surface area contributed by atoms with E-state index in [4.69, 9.17) is 11.6 Å². The van der Waals surface area contributed by atoms with Gasteiger partial charge in [-0.05, 0) is 50.2 Å². The van der Waals surface area contributed by atoms with E-state index in [1.807, 2.05) is 24.4 Å². The molecule has 6 heteroatoms. The molecule has 1 saturated heterocycles. The lowest BCUT2D eigenvalue weighted by Crippen LogP contribution is -2.52. The second kappa shape index (κ2) is 5.87. The molecule has 1 aromatic carbocycles. The molecule has 0 unspecified atom stereocenters. The van der Waals surface area contributed by atoms with Gasteiger partial charge in [0, 0.05) is 23.1 Å². The highest BCUT2D eigenvalue weighted by atomic mass is 35.5. The smallest absolute Gasteiger partial charge is 0.252 e. The molecule has 1 aliphatic heterocycles. The molecule has 0 bridgehead atoms. The molecule has 1 fully saturated rings. The maximum absolute atomic E-state index is 12.9. The zero-order valence-corrected chi connectivity index (χ0v) is 12.3. The molecule has 0 atom stereocenters. The minimum Gasteiger partial charge on any atom is -0.324 e. The number of benzene rings is 1. The van der Waals surface area contributed by atoms with Crippen LogP contribution in [0.3, 0.4) is 0 Å². The first kappa shape index (κ1) is 14.1. The number of carbonyl (C=O) groups excluding carboxylic acids is 1. The van der Waals surface area contributed by atoms with Gasteiger partial charge in [-0.25, -0.2) is 0 Å². The Morgan fingerprint density at radius 2 is 2.14 bits per heavy atom. The quantitative estimate of drug-likeness (QED) is 0.914. The summed E-state index contributed by atoms with van der Waals surface area (Å²) in [4.78, 5) is 12.9. The van der Waals surface area contributed by atoms with Gasteiger partial charge in [0.1, 0.15) is 5.54 Å². The molecule has 0 radical (unpaired) electrons. The molecule has 0 spiro atoms. The van der Waals surface area contributed by atoms with Crippen LogP contribution in [0.25, 0.3) is 0 Å². The molecule has 3 rings (SSSR count). The van der Waals surface area contributed by atoms with E-state index in [9.17, 15) is 4.79 Å². The molecule has 2 N–H and O–H groups in total. The van der Waals surface area contributed by atoms with Crippen molar-refractivity contribution in [2.75, 3.05) is 18.4 Å². The van der Waals surface area contributed by atoms with E-state index in [1.165, 1.54) is 0 Å². The number of hydrogen-bond donors (Lipinski definition) is 2. The lowest BCUT2D eigenvalue weighted by Gasteiger charge is -2.36. The predicted octanol–water partition coefficient (Wildman–Crippen LogP) is 2.25. The van der Waals surface area contributed by atoms with Gasteiger partial charge in [-0.3, -0.25) is 9.48 Å². The predicted molar refractivity (Wildman–Crippen MR) is 82.4 cm³/mol. The summed E-state index contributed by atoms with van der Waals surface area (Å²) in [7, 11) is 0. The summed E-state index contributed by atoms with van der Waals surface area (Å²) in [5, 5.41) is 11.2. The van der Waals surface area contributed by atoms with Crippen molar-refractivity contribution >= 4 is 23.2 Å². The Labute approximate surface area is 128 Å². The second-order valence-corrected chi connectivity index (χ2v) is 5.63. The second-order valence-electron chi connectivity index (χ2n) is 5.20. The fourth-order valence-corrected chi connectivity index (χ4v) is 2.93. The van der Waals surface area contributed by atoms with E-state index < -0.39 is 5.54 Å². The first-order valence-corrected chi connectivity index (χ1v) is 7.36. The summed E-state index contributed by atoms with van der Waals surface area (Å²) in [5.74, 6) is -0.0463. The van der Waals surface area contributed by atoms with Gasteiger partial charge in [0.25, 0.3) is 5.91 Å². The zero-order valence-electron chi connectivity index (χ0n) is 11.6. The van der Waals surface area contributed by atoms with Crippen LogP contribution in [0.2, 0.25) is 5.02 Å². The third-order valence-corrected chi connectivity index (χ3v) is 4.11. The first-order chi connectivity index (χ1) is 10.2. The van der Waals surface area contributed by atoms with Crippen LogP contribution in [0.1, 0.15) is 12.8 Å². The maximum atomic E-state index is 12.9. The van der Waals surface area contributed by atoms with Gasteiger partial charge in [-0.2, -0.15) is 5.10 Å². The summed E-state index contributed by atoms with van der Waals surface area (Å²) in [5.41, 5.74) is 0.0643.